The van der Waals surface area contributed by atoms with Crippen molar-refractivity contribution in [2.75, 3.05) is 19.0 Å². The lowest BCUT2D eigenvalue weighted by Crippen LogP contribution is -2.10. The van der Waals surface area contributed by atoms with Crippen molar-refractivity contribution in [3.05, 3.63) is 52.8 Å². The minimum Gasteiger partial charge on any atom is -0.363 e. The SMILES string of the molecule is CN(C)c1ccc2[nH]c(Cc3cccc(Cl)c3)nc2n1. The number of aromatic nitrogens is 3. The minimum absolute atomic E-state index is 0.716. The van der Waals surface area contributed by atoms with Crippen LogP contribution in [0, 0.1) is 0 Å². The van der Waals surface area contributed by atoms with Gasteiger partial charge in [-0.3, -0.25) is 0 Å². The molecule has 1 aromatic carbocycles. The number of anilines is 1. The quantitative estimate of drug-likeness (QED) is 0.804. The summed E-state index contributed by atoms with van der Waals surface area (Å²) in [6, 6.07) is 11.8. The van der Waals surface area contributed by atoms with E-state index in [4.69, 9.17) is 11.6 Å². The van der Waals surface area contributed by atoms with Gasteiger partial charge in [0.05, 0.1) is 5.52 Å². The van der Waals surface area contributed by atoms with Crippen LogP contribution in [0.25, 0.3) is 11.2 Å². The summed E-state index contributed by atoms with van der Waals surface area (Å²) in [6.45, 7) is 0. The van der Waals surface area contributed by atoms with Crippen LogP contribution < -0.4 is 4.90 Å². The maximum Gasteiger partial charge on any atom is 0.179 e. The first-order chi connectivity index (χ1) is 9.61. The molecule has 0 fully saturated rings. The molecule has 0 unspecified atom stereocenters. The van der Waals surface area contributed by atoms with E-state index in [9.17, 15) is 0 Å². The fourth-order valence-electron chi connectivity index (χ4n) is 2.11. The smallest absolute Gasteiger partial charge is 0.179 e. The number of imidazole rings is 1. The Balaban J connectivity index is 1.93. The van der Waals surface area contributed by atoms with Gasteiger partial charge in [-0.25, -0.2) is 9.97 Å². The van der Waals surface area contributed by atoms with Gasteiger partial charge in [0.15, 0.2) is 5.65 Å². The van der Waals surface area contributed by atoms with Crippen LogP contribution in [0.15, 0.2) is 36.4 Å². The van der Waals surface area contributed by atoms with Gasteiger partial charge in [-0.15, -0.1) is 0 Å². The highest BCUT2D eigenvalue weighted by Crippen LogP contribution is 2.17. The number of nitrogens with zero attached hydrogens (tertiary/aromatic N) is 3. The number of halogens is 1. The number of fused-ring (bicyclic) bond motifs is 1. The van der Waals surface area contributed by atoms with Crippen LogP contribution in [-0.4, -0.2) is 29.0 Å². The molecular formula is C15H15ClN4. The Morgan fingerprint density at radius 2 is 2.00 bits per heavy atom. The third-order valence-corrected chi connectivity index (χ3v) is 3.33. The number of hydrogen-bond donors (Lipinski definition) is 1. The van der Waals surface area contributed by atoms with Crippen molar-refractivity contribution in [2.24, 2.45) is 0 Å². The second-order valence-corrected chi connectivity index (χ2v) is 5.36. The van der Waals surface area contributed by atoms with Crippen molar-refractivity contribution < 1.29 is 0 Å². The lowest BCUT2D eigenvalue weighted by atomic mass is 10.1. The van der Waals surface area contributed by atoms with Crippen LogP contribution in [0.3, 0.4) is 0 Å². The molecular weight excluding hydrogens is 272 g/mol. The number of H-pyrrole nitrogens is 1. The Morgan fingerprint density at radius 1 is 1.15 bits per heavy atom. The highest BCUT2D eigenvalue weighted by molar-refractivity contribution is 6.30. The van der Waals surface area contributed by atoms with Gasteiger partial charge < -0.3 is 9.88 Å². The maximum atomic E-state index is 6.00. The minimum atomic E-state index is 0.716. The molecule has 2 heterocycles. The summed E-state index contributed by atoms with van der Waals surface area (Å²) < 4.78 is 0. The molecule has 3 aromatic rings. The highest BCUT2D eigenvalue weighted by Gasteiger charge is 2.07. The van der Waals surface area contributed by atoms with E-state index in [0.29, 0.717) is 6.42 Å². The average molecular weight is 287 g/mol. The van der Waals surface area contributed by atoms with Crippen LogP contribution in [0.5, 0.6) is 0 Å². The third-order valence-electron chi connectivity index (χ3n) is 3.10. The fourth-order valence-corrected chi connectivity index (χ4v) is 2.32. The normalized spacial score (nSPS) is 10.9. The van der Waals surface area contributed by atoms with Crippen molar-refractivity contribution in [2.45, 2.75) is 6.42 Å². The van der Waals surface area contributed by atoms with E-state index in [1.165, 1.54) is 0 Å². The maximum absolute atomic E-state index is 6.00. The van der Waals surface area contributed by atoms with Gasteiger partial charge in [0.1, 0.15) is 11.6 Å². The van der Waals surface area contributed by atoms with Crippen molar-refractivity contribution in [1.29, 1.82) is 0 Å². The number of benzene rings is 1. The van der Waals surface area contributed by atoms with Gasteiger partial charge in [0.2, 0.25) is 0 Å². The molecule has 4 nitrogen and oxygen atoms in total. The Hall–Kier alpha value is -2.07. The van der Waals surface area contributed by atoms with Crippen LogP contribution in [0.4, 0.5) is 5.82 Å². The molecule has 0 aliphatic carbocycles. The molecule has 5 heteroatoms. The number of hydrogen-bond acceptors (Lipinski definition) is 3. The molecule has 0 saturated heterocycles. The number of aromatic amines is 1. The monoisotopic (exact) mass is 286 g/mol. The zero-order chi connectivity index (χ0) is 14.1. The summed E-state index contributed by atoms with van der Waals surface area (Å²) in [4.78, 5) is 14.3. The molecule has 0 bridgehead atoms. The van der Waals surface area contributed by atoms with Crippen molar-refractivity contribution in [3.8, 4) is 0 Å². The molecule has 0 aliphatic heterocycles. The van der Waals surface area contributed by atoms with Crippen LogP contribution in [0.1, 0.15) is 11.4 Å². The molecule has 20 heavy (non-hydrogen) atoms. The fraction of sp³-hybridized carbons (Fsp3) is 0.200. The molecule has 0 atom stereocenters. The summed E-state index contributed by atoms with van der Waals surface area (Å²) in [7, 11) is 3.93. The molecule has 102 valence electrons. The Labute approximate surface area is 122 Å². The lowest BCUT2D eigenvalue weighted by molar-refractivity contribution is 1.03. The van der Waals surface area contributed by atoms with E-state index in [2.05, 4.69) is 15.0 Å². The van der Waals surface area contributed by atoms with E-state index < -0.39 is 0 Å². The highest BCUT2D eigenvalue weighted by atomic mass is 35.5. The molecule has 0 radical (unpaired) electrons. The van der Waals surface area contributed by atoms with Gasteiger partial charge in [0, 0.05) is 25.5 Å². The van der Waals surface area contributed by atoms with Crippen LogP contribution >= 0.6 is 11.6 Å². The third kappa shape index (κ3) is 2.60. The van der Waals surface area contributed by atoms with E-state index in [-0.39, 0.29) is 0 Å². The van der Waals surface area contributed by atoms with Crippen LogP contribution in [-0.2, 0) is 6.42 Å². The summed E-state index contributed by atoms with van der Waals surface area (Å²) in [6.07, 6.45) is 0.716. The predicted octanol–water partition coefficient (Wildman–Crippen LogP) is 3.27. The molecule has 0 amide bonds. The molecule has 1 N–H and O–H groups in total. The summed E-state index contributed by atoms with van der Waals surface area (Å²) in [5.41, 5.74) is 2.82. The Bertz CT molecular complexity index is 748. The number of rotatable bonds is 3. The topological polar surface area (TPSA) is 44.8 Å². The summed E-state index contributed by atoms with van der Waals surface area (Å²) in [5, 5.41) is 0.742. The standard InChI is InChI=1S/C15H15ClN4/c1-20(2)14-7-6-12-15(19-14)18-13(17-12)9-10-4-3-5-11(16)8-10/h3-8H,9H2,1-2H3,(H,17,18,19). The molecule has 3 rings (SSSR count). The van der Waals surface area contributed by atoms with Gasteiger partial charge >= 0.3 is 0 Å². The molecule has 2 aromatic heterocycles. The second kappa shape index (κ2) is 5.13. The van der Waals surface area contributed by atoms with Gasteiger partial charge in [-0.1, -0.05) is 23.7 Å². The zero-order valence-electron chi connectivity index (χ0n) is 11.4. The first kappa shape index (κ1) is 12.9. The van der Waals surface area contributed by atoms with E-state index in [0.717, 1.165) is 33.4 Å². The lowest BCUT2D eigenvalue weighted by Gasteiger charge is -2.09. The van der Waals surface area contributed by atoms with E-state index in [1.54, 1.807) is 0 Å². The molecule has 0 saturated carbocycles. The predicted molar refractivity (Wildman–Crippen MR) is 82.5 cm³/mol. The van der Waals surface area contributed by atoms with Gasteiger partial charge in [0.25, 0.3) is 0 Å². The average Bonchev–Trinajstić information content (AvgIpc) is 2.79. The summed E-state index contributed by atoms with van der Waals surface area (Å²) >= 11 is 6.00. The number of pyridine rings is 1. The Morgan fingerprint density at radius 3 is 2.75 bits per heavy atom. The van der Waals surface area contributed by atoms with Crippen molar-refractivity contribution >= 4 is 28.6 Å². The van der Waals surface area contributed by atoms with Gasteiger partial charge in [-0.2, -0.15) is 0 Å². The second-order valence-electron chi connectivity index (χ2n) is 4.93. The van der Waals surface area contributed by atoms with E-state index in [1.807, 2.05) is 55.4 Å². The zero-order valence-corrected chi connectivity index (χ0v) is 12.1. The first-order valence-corrected chi connectivity index (χ1v) is 6.77. The molecule has 0 spiro atoms. The van der Waals surface area contributed by atoms with Crippen molar-refractivity contribution in [1.82, 2.24) is 15.0 Å². The van der Waals surface area contributed by atoms with E-state index >= 15 is 0 Å². The number of nitrogens with one attached hydrogen (secondary N) is 1. The summed E-state index contributed by atoms with van der Waals surface area (Å²) in [5.74, 6) is 1.80. The molecule has 0 aliphatic rings. The van der Waals surface area contributed by atoms with Gasteiger partial charge in [-0.05, 0) is 29.8 Å². The first-order valence-electron chi connectivity index (χ1n) is 6.39. The van der Waals surface area contributed by atoms with Crippen LogP contribution in [0.2, 0.25) is 5.02 Å². The Kier molecular flexibility index (Phi) is 3.32. The largest absolute Gasteiger partial charge is 0.363 e. The van der Waals surface area contributed by atoms with Crippen molar-refractivity contribution in [3.63, 3.8) is 0 Å².